The number of alkyl halides is 1. The molecule has 84 valence electrons. The van der Waals surface area contributed by atoms with Crippen molar-refractivity contribution in [1.82, 2.24) is 0 Å². The zero-order chi connectivity index (χ0) is 11.0. The summed E-state index contributed by atoms with van der Waals surface area (Å²) in [4.78, 5) is 1.12. The zero-order valence-electron chi connectivity index (χ0n) is 8.17. The highest BCUT2D eigenvalue weighted by molar-refractivity contribution is 9.10. The number of hydrogen-bond donors (Lipinski definition) is 0. The summed E-state index contributed by atoms with van der Waals surface area (Å²) >= 11 is 17.3. The molecule has 1 aliphatic rings. The van der Waals surface area contributed by atoms with Gasteiger partial charge in [-0.05, 0) is 35.3 Å². The average Bonchev–Trinajstić information content (AvgIpc) is 2.74. The second kappa shape index (κ2) is 4.92. The summed E-state index contributed by atoms with van der Waals surface area (Å²) < 4.78 is 7.22. The van der Waals surface area contributed by atoms with Gasteiger partial charge in [-0.25, -0.2) is 0 Å². The van der Waals surface area contributed by atoms with Crippen molar-refractivity contribution in [2.45, 2.75) is 24.8 Å². The van der Waals surface area contributed by atoms with Crippen molar-refractivity contribution in [3.05, 3.63) is 19.8 Å². The van der Waals surface area contributed by atoms with Crippen LogP contribution < -0.4 is 0 Å². The highest BCUT2D eigenvalue weighted by Gasteiger charge is 2.30. The third kappa shape index (κ3) is 2.70. The van der Waals surface area contributed by atoms with Gasteiger partial charge in [0.25, 0.3) is 0 Å². The minimum Gasteiger partial charge on any atom is -0.378 e. The highest BCUT2D eigenvalue weighted by Crippen LogP contribution is 2.43. The van der Waals surface area contributed by atoms with Gasteiger partial charge in [0.1, 0.15) is 4.34 Å². The molecular formula is C10H11BrCl2OS. The molecule has 1 aromatic rings. The zero-order valence-corrected chi connectivity index (χ0v) is 12.1. The molecule has 1 aliphatic heterocycles. The lowest BCUT2D eigenvalue weighted by Crippen LogP contribution is -2.06. The van der Waals surface area contributed by atoms with Gasteiger partial charge in [0.15, 0.2) is 0 Å². The van der Waals surface area contributed by atoms with E-state index in [1.54, 1.807) is 11.3 Å². The van der Waals surface area contributed by atoms with Crippen LogP contribution in [-0.4, -0.2) is 12.7 Å². The van der Waals surface area contributed by atoms with Gasteiger partial charge in [-0.2, -0.15) is 0 Å². The van der Waals surface area contributed by atoms with Crippen LogP contribution in [-0.2, 0) is 4.74 Å². The van der Waals surface area contributed by atoms with Crippen LogP contribution >= 0.6 is 50.5 Å². The first-order valence-electron chi connectivity index (χ1n) is 4.78. The van der Waals surface area contributed by atoms with Gasteiger partial charge in [-0.3, -0.25) is 0 Å². The van der Waals surface area contributed by atoms with Gasteiger partial charge < -0.3 is 4.74 Å². The highest BCUT2D eigenvalue weighted by atomic mass is 79.9. The molecule has 1 fully saturated rings. The summed E-state index contributed by atoms with van der Waals surface area (Å²) in [6, 6.07) is 2.01. The van der Waals surface area contributed by atoms with Crippen LogP contribution in [0.25, 0.3) is 0 Å². The fraction of sp³-hybridized carbons (Fsp3) is 0.600. The number of ether oxygens (including phenoxy) is 1. The third-order valence-corrected chi connectivity index (χ3v) is 5.86. The van der Waals surface area contributed by atoms with E-state index in [-0.39, 0.29) is 5.38 Å². The molecule has 0 aromatic carbocycles. The Morgan fingerprint density at radius 1 is 1.67 bits per heavy atom. The van der Waals surface area contributed by atoms with Crippen molar-refractivity contribution >= 4 is 50.5 Å². The van der Waals surface area contributed by atoms with E-state index in [2.05, 4.69) is 22.9 Å². The Bertz CT molecular complexity index is 336. The standard InChI is InChI=1S/C10H11BrCl2OS/c1-5-2-6(4-14-5)9(12)8-3-7(11)10(13)15-8/h3,5-6,9H,2,4H2,1H3. The first-order valence-corrected chi connectivity index (χ1v) is 7.20. The van der Waals surface area contributed by atoms with E-state index in [0.29, 0.717) is 12.0 Å². The van der Waals surface area contributed by atoms with Gasteiger partial charge in [0.05, 0.1) is 18.1 Å². The van der Waals surface area contributed by atoms with Crippen molar-refractivity contribution in [2.24, 2.45) is 5.92 Å². The Hall–Kier alpha value is 0.720. The fourth-order valence-electron chi connectivity index (χ4n) is 1.79. The second-order valence-electron chi connectivity index (χ2n) is 3.81. The van der Waals surface area contributed by atoms with E-state index >= 15 is 0 Å². The quantitative estimate of drug-likeness (QED) is 0.703. The molecule has 0 spiro atoms. The summed E-state index contributed by atoms with van der Waals surface area (Å²) in [7, 11) is 0. The van der Waals surface area contributed by atoms with Crippen molar-refractivity contribution in [3.63, 3.8) is 0 Å². The Morgan fingerprint density at radius 2 is 2.40 bits per heavy atom. The Kier molecular flexibility index (Phi) is 4.00. The lowest BCUT2D eigenvalue weighted by atomic mass is 10.0. The van der Waals surface area contributed by atoms with E-state index in [9.17, 15) is 0 Å². The predicted octanol–water partition coefficient (Wildman–Crippen LogP) is 4.87. The molecule has 3 atom stereocenters. The molecule has 3 unspecified atom stereocenters. The first-order chi connectivity index (χ1) is 7.08. The Morgan fingerprint density at radius 3 is 2.87 bits per heavy atom. The summed E-state index contributed by atoms with van der Waals surface area (Å²) in [5, 5.41) is 0.0174. The Balaban J connectivity index is 2.10. The van der Waals surface area contributed by atoms with Gasteiger partial charge in [0, 0.05) is 15.3 Å². The molecule has 0 bridgehead atoms. The van der Waals surface area contributed by atoms with Crippen molar-refractivity contribution in [3.8, 4) is 0 Å². The van der Waals surface area contributed by atoms with Crippen LogP contribution in [0.15, 0.2) is 10.5 Å². The maximum absolute atomic E-state index is 6.41. The molecule has 0 radical (unpaired) electrons. The fourth-order valence-corrected chi connectivity index (χ4v) is 3.97. The largest absolute Gasteiger partial charge is 0.378 e. The number of halogens is 3. The minimum atomic E-state index is 0.0174. The molecule has 2 heterocycles. The molecular weight excluding hydrogens is 319 g/mol. The van der Waals surface area contributed by atoms with E-state index in [0.717, 1.165) is 26.7 Å². The monoisotopic (exact) mass is 328 g/mol. The van der Waals surface area contributed by atoms with E-state index < -0.39 is 0 Å². The smallest absolute Gasteiger partial charge is 0.107 e. The third-order valence-electron chi connectivity index (χ3n) is 2.58. The van der Waals surface area contributed by atoms with E-state index in [4.69, 9.17) is 27.9 Å². The molecule has 1 saturated heterocycles. The summed E-state index contributed by atoms with van der Waals surface area (Å²) in [5.74, 6) is 0.406. The molecule has 1 nitrogen and oxygen atoms in total. The lowest BCUT2D eigenvalue weighted by Gasteiger charge is -2.13. The number of hydrogen-bond acceptors (Lipinski definition) is 2. The van der Waals surface area contributed by atoms with Gasteiger partial charge in [-0.1, -0.05) is 11.6 Å². The van der Waals surface area contributed by atoms with Crippen LogP contribution in [0.2, 0.25) is 4.34 Å². The van der Waals surface area contributed by atoms with Crippen molar-refractivity contribution < 1.29 is 4.74 Å². The molecule has 0 amide bonds. The molecule has 0 aliphatic carbocycles. The molecule has 2 rings (SSSR count). The summed E-state index contributed by atoms with van der Waals surface area (Å²) in [6.07, 6.45) is 1.36. The Labute approximate surface area is 112 Å². The summed E-state index contributed by atoms with van der Waals surface area (Å²) in [6.45, 7) is 2.84. The predicted molar refractivity (Wildman–Crippen MR) is 69.1 cm³/mol. The maximum Gasteiger partial charge on any atom is 0.107 e. The van der Waals surface area contributed by atoms with Crippen LogP contribution in [0.4, 0.5) is 0 Å². The van der Waals surface area contributed by atoms with Crippen LogP contribution in [0.5, 0.6) is 0 Å². The van der Waals surface area contributed by atoms with Crippen molar-refractivity contribution in [2.75, 3.05) is 6.61 Å². The van der Waals surface area contributed by atoms with E-state index in [1.165, 1.54) is 0 Å². The summed E-state index contributed by atoms with van der Waals surface area (Å²) in [5.41, 5.74) is 0. The van der Waals surface area contributed by atoms with Crippen LogP contribution in [0.1, 0.15) is 23.6 Å². The van der Waals surface area contributed by atoms with E-state index in [1.807, 2.05) is 6.07 Å². The minimum absolute atomic E-state index is 0.0174. The topological polar surface area (TPSA) is 9.23 Å². The van der Waals surface area contributed by atoms with Gasteiger partial charge in [-0.15, -0.1) is 22.9 Å². The SMILES string of the molecule is CC1CC(C(Cl)c2cc(Br)c(Cl)s2)CO1. The van der Waals surface area contributed by atoms with Gasteiger partial charge in [0.2, 0.25) is 0 Å². The molecule has 5 heteroatoms. The lowest BCUT2D eigenvalue weighted by molar-refractivity contribution is 0.120. The second-order valence-corrected chi connectivity index (χ2v) is 6.82. The number of thiophene rings is 1. The van der Waals surface area contributed by atoms with Crippen LogP contribution in [0.3, 0.4) is 0 Å². The first kappa shape index (κ1) is 12.2. The average molecular weight is 330 g/mol. The van der Waals surface area contributed by atoms with Crippen molar-refractivity contribution in [1.29, 1.82) is 0 Å². The van der Waals surface area contributed by atoms with Crippen LogP contribution in [0, 0.1) is 5.92 Å². The molecule has 15 heavy (non-hydrogen) atoms. The molecule has 0 saturated carbocycles. The molecule has 0 N–H and O–H groups in total. The molecule has 1 aromatic heterocycles. The normalized spacial score (nSPS) is 28.3. The number of rotatable bonds is 2. The van der Waals surface area contributed by atoms with Gasteiger partial charge >= 0.3 is 0 Å². The maximum atomic E-state index is 6.41.